The number of nitrogens with one attached hydrogen (secondary N) is 1. The zero-order chi connectivity index (χ0) is 21.0. The van der Waals surface area contributed by atoms with Crippen molar-refractivity contribution < 1.29 is 28.8 Å². The molecule has 2 aromatic carbocycles. The van der Waals surface area contributed by atoms with Crippen molar-refractivity contribution in [1.82, 2.24) is 10.2 Å². The van der Waals surface area contributed by atoms with Gasteiger partial charge in [0, 0.05) is 17.7 Å². The molecule has 0 bridgehead atoms. The zero-order valence-corrected chi connectivity index (χ0v) is 15.0. The number of ether oxygens (including phenoxy) is 1. The van der Waals surface area contributed by atoms with Crippen LogP contribution in [0, 0.1) is 10.1 Å². The minimum absolute atomic E-state index is 0.0259. The molecule has 3 amide bonds. The summed E-state index contributed by atoms with van der Waals surface area (Å²) in [6, 6.07) is 11.4. The minimum Gasteiger partial charge on any atom is -0.462 e. The van der Waals surface area contributed by atoms with Crippen molar-refractivity contribution in [3.05, 3.63) is 75.3 Å². The Labute approximate surface area is 164 Å². The van der Waals surface area contributed by atoms with Crippen LogP contribution in [0.2, 0.25) is 0 Å². The van der Waals surface area contributed by atoms with Gasteiger partial charge in [0.1, 0.15) is 13.2 Å². The average Bonchev–Trinajstić information content (AvgIpc) is 2.97. The molecule has 10 nitrogen and oxygen atoms in total. The van der Waals surface area contributed by atoms with Gasteiger partial charge < -0.3 is 10.1 Å². The third kappa shape index (κ3) is 4.26. The molecular formula is C19H15N3O7. The Bertz CT molecular complexity index is 983. The van der Waals surface area contributed by atoms with Crippen LogP contribution in [0.4, 0.5) is 5.69 Å². The molecule has 0 saturated carbocycles. The molecule has 0 aliphatic carbocycles. The third-order valence-electron chi connectivity index (χ3n) is 4.17. The van der Waals surface area contributed by atoms with Crippen molar-refractivity contribution in [2.75, 3.05) is 19.7 Å². The monoisotopic (exact) mass is 397 g/mol. The molecule has 1 N–H and O–H groups in total. The topological polar surface area (TPSA) is 136 Å². The lowest BCUT2D eigenvalue weighted by molar-refractivity contribution is -0.384. The fraction of sp³-hybridized carbons (Fsp3) is 0.158. The second kappa shape index (κ2) is 8.30. The number of rotatable bonds is 7. The van der Waals surface area contributed by atoms with Gasteiger partial charge >= 0.3 is 5.97 Å². The van der Waals surface area contributed by atoms with E-state index in [1.807, 2.05) is 0 Å². The molecular weight excluding hydrogens is 382 g/mol. The number of imide groups is 1. The van der Waals surface area contributed by atoms with Crippen LogP contribution in [-0.2, 0) is 9.53 Å². The lowest BCUT2D eigenvalue weighted by Gasteiger charge is -2.14. The fourth-order valence-electron chi connectivity index (χ4n) is 2.76. The van der Waals surface area contributed by atoms with Crippen LogP contribution < -0.4 is 5.32 Å². The van der Waals surface area contributed by atoms with E-state index in [0.29, 0.717) is 11.1 Å². The first-order valence-electron chi connectivity index (χ1n) is 8.52. The Kier molecular flexibility index (Phi) is 5.63. The smallest absolute Gasteiger partial charge is 0.325 e. The molecule has 0 fully saturated rings. The second-order valence-corrected chi connectivity index (χ2v) is 6.02. The van der Waals surface area contributed by atoms with Crippen molar-refractivity contribution in [3.63, 3.8) is 0 Å². The SMILES string of the molecule is O=C(CNC(=O)c1cccc([N+](=O)[O-])c1)OCCN1C(=O)c2ccccc2C1=O. The minimum atomic E-state index is -0.777. The highest BCUT2D eigenvalue weighted by Crippen LogP contribution is 2.21. The van der Waals surface area contributed by atoms with Gasteiger partial charge in [0.2, 0.25) is 0 Å². The maximum absolute atomic E-state index is 12.2. The predicted octanol–water partition coefficient (Wildman–Crippen LogP) is 1.16. The molecule has 0 atom stereocenters. The highest BCUT2D eigenvalue weighted by Gasteiger charge is 2.34. The quantitative estimate of drug-likeness (QED) is 0.320. The first-order chi connectivity index (χ1) is 13.9. The van der Waals surface area contributed by atoms with E-state index >= 15 is 0 Å². The zero-order valence-electron chi connectivity index (χ0n) is 15.0. The molecule has 29 heavy (non-hydrogen) atoms. The summed E-state index contributed by atoms with van der Waals surface area (Å²) in [6.45, 7) is -0.808. The van der Waals surface area contributed by atoms with E-state index < -0.39 is 35.2 Å². The van der Waals surface area contributed by atoms with Crippen molar-refractivity contribution in [2.24, 2.45) is 0 Å². The highest BCUT2D eigenvalue weighted by atomic mass is 16.6. The molecule has 0 spiro atoms. The number of hydrogen-bond donors (Lipinski definition) is 1. The van der Waals surface area contributed by atoms with E-state index in [2.05, 4.69) is 5.32 Å². The Morgan fingerprint density at radius 2 is 1.69 bits per heavy atom. The predicted molar refractivity (Wildman–Crippen MR) is 98.2 cm³/mol. The number of nitrogens with zero attached hydrogens (tertiary/aromatic N) is 2. The summed E-state index contributed by atoms with van der Waals surface area (Å²) in [5, 5.41) is 13.0. The van der Waals surface area contributed by atoms with Crippen molar-refractivity contribution >= 4 is 29.4 Å². The lowest BCUT2D eigenvalue weighted by atomic mass is 10.1. The van der Waals surface area contributed by atoms with Crippen molar-refractivity contribution in [2.45, 2.75) is 0 Å². The van der Waals surface area contributed by atoms with E-state index in [1.54, 1.807) is 24.3 Å². The number of nitro groups is 1. The summed E-state index contributed by atoms with van der Waals surface area (Å²) in [5.41, 5.74) is 0.375. The van der Waals surface area contributed by atoms with Crippen LogP contribution in [0.3, 0.4) is 0 Å². The first kappa shape index (κ1) is 19.7. The Balaban J connectivity index is 1.46. The van der Waals surface area contributed by atoms with Gasteiger partial charge in [-0.15, -0.1) is 0 Å². The number of carbonyl (C=O) groups excluding carboxylic acids is 4. The lowest BCUT2D eigenvalue weighted by Crippen LogP contribution is -2.35. The first-order valence-corrected chi connectivity index (χ1v) is 8.52. The van der Waals surface area contributed by atoms with Crippen LogP contribution in [0.25, 0.3) is 0 Å². The standard InChI is InChI=1S/C19H15N3O7/c23-16(11-20-17(24)12-4-3-5-13(10-12)22(27)28)29-9-8-21-18(25)14-6-1-2-7-15(14)19(21)26/h1-7,10H,8-9,11H2,(H,20,24). The van der Waals surface area contributed by atoms with Gasteiger partial charge in [0.15, 0.2) is 0 Å². The van der Waals surface area contributed by atoms with Crippen LogP contribution in [0.15, 0.2) is 48.5 Å². The Morgan fingerprint density at radius 1 is 1.03 bits per heavy atom. The van der Waals surface area contributed by atoms with E-state index in [4.69, 9.17) is 4.74 Å². The fourth-order valence-corrected chi connectivity index (χ4v) is 2.76. The molecule has 0 unspecified atom stereocenters. The summed E-state index contributed by atoms with van der Waals surface area (Å²) >= 11 is 0. The van der Waals surface area contributed by atoms with Crippen molar-refractivity contribution in [3.8, 4) is 0 Å². The van der Waals surface area contributed by atoms with Gasteiger partial charge in [0.05, 0.1) is 22.6 Å². The summed E-state index contributed by atoms with van der Waals surface area (Å²) in [5.74, 6) is -2.37. The number of hydrogen-bond acceptors (Lipinski definition) is 7. The van der Waals surface area contributed by atoms with Crippen LogP contribution in [0.1, 0.15) is 31.1 Å². The average molecular weight is 397 g/mol. The summed E-state index contributed by atoms with van der Waals surface area (Å²) in [7, 11) is 0. The molecule has 2 aromatic rings. The molecule has 1 heterocycles. The van der Waals surface area contributed by atoms with Gasteiger partial charge in [-0.25, -0.2) is 0 Å². The number of carbonyl (C=O) groups is 4. The van der Waals surface area contributed by atoms with Gasteiger partial charge in [0.25, 0.3) is 23.4 Å². The number of esters is 1. The number of amides is 3. The van der Waals surface area contributed by atoms with E-state index in [0.717, 1.165) is 11.0 Å². The maximum atomic E-state index is 12.2. The molecule has 10 heteroatoms. The molecule has 0 radical (unpaired) electrons. The van der Waals surface area contributed by atoms with Crippen LogP contribution in [0.5, 0.6) is 0 Å². The summed E-state index contributed by atoms with van der Waals surface area (Å²) in [4.78, 5) is 59.2. The number of benzene rings is 2. The highest BCUT2D eigenvalue weighted by molar-refractivity contribution is 6.21. The van der Waals surface area contributed by atoms with Gasteiger partial charge in [-0.3, -0.25) is 34.2 Å². The van der Waals surface area contributed by atoms with Crippen molar-refractivity contribution in [1.29, 1.82) is 0 Å². The summed E-state index contributed by atoms with van der Waals surface area (Å²) < 4.78 is 4.94. The Morgan fingerprint density at radius 3 is 2.31 bits per heavy atom. The summed E-state index contributed by atoms with van der Waals surface area (Å²) in [6.07, 6.45) is 0. The van der Waals surface area contributed by atoms with Gasteiger partial charge in [-0.05, 0) is 18.2 Å². The number of nitro benzene ring substituents is 1. The van der Waals surface area contributed by atoms with Gasteiger partial charge in [-0.2, -0.15) is 0 Å². The number of non-ortho nitro benzene ring substituents is 1. The normalized spacial score (nSPS) is 12.5. The van der Waals surface area contributed by atoms with E-state index in [1.165, 1.54) is 18.2 Å². The molecule has 1 aliphatic rings. The van der Waals surface area contributed by atoms with E-state index in [-0.39, 0.29) is 24.4 Å². The largest absolute Gasteiger partial charge is 0.462 e. The van der Waals surface area contributed by atoms with E-state index in [9.17, 15) is 29.3 Å². The molecule has 148 valence electrons. The molecule has 0 saturated heterocycles. The molecule has 1 aliphatic heterocycles. The Hall–Kier alpha value is -4.08. The van der Waals surface area contributed by atoms with Crippen LogP contribution >= 0.6 is 0 Å². The molecule has 0 aromatic heterocycles. The molecule has 3 rings (SSSR count). The second-order valence-electron chi connectivity index (χ2n) is 6.02. The van der Waals surface area contributed by atoms with Gasteiger partial charge in [-0.1, -0.05) is 18.2 Å². The number of fused-ring (bicyclic) bond motifs is 1. The maximum Gasteiger partial charge on any atom is 0.325 e. The van der Waals surface area contributed by atoms with Crippen LogP contribution in [-0.4, -0.2) is 53.2 Å². The third-order valence-corrected chi connectivity index (χ3v) is 4.17.